The Morgan fingerprint density at radius 3 is 2.39 bits per heavy atom. The van der Waals surface area contributed by atoms with Crippen LogP contribution in [0.1, 0.15) is 17.2 Å². The number of hydrogen-bond acceptors (Lipinski definition) is 2. The molecule has 2 rings (SSSR count). The van der Waals surface area contributed by atoms with Crippen LogP contribution in [0, 0.1) is 0 Å². The van der Waals surface area contributed by atoms with Crippen LogP contribution in [0.4, 0.5) is 0 Å². The highest BCUT2D eigenvalue weighted by molar-refractivity contribution is 9.10. The van der Waals surface area contributed by atoms with Crippen LogP contribution in [0.25, 0.3) is 0 Å². The van der Waals surface area contributed by atoms with Gasteiger partial charge in [-0.3, -0.25) is 4.98 Å². The molecule has 0 aliphatic carbocycles. The largest absolute Gasteiger partial charge is 0.308 e. The summed E-state index contributed by atoms with van der Waals surface area (Å²) in [6.45, 7) is 0.957. The summed E-state index contributed by atoms with van der Waals surface area (Å²) in [6.07, 6.45) is 1.86. The molecule has 0 aliphatic rings. The second-order valence-electron chi connectivity index (χ2n) is 4.62. The maximum atomic E-state index is 4.49. The summed E-state index contributed by atoms with van der Waals surface area (Å²) >= 11 is 3.48. The molecule has 0 amide bonds. The van der Waals surface area contributed by atoms with E-state index in [1.807, 2.05) is 18.3 Å². The van der Waals surface area contributed by atoms with Crippen LogP contribution in [-0.2, 0) is 0 Å². The van der Waals surface area contributed by atoms with Crippen LogP contribution in [0.3, 0.4) is 0 Å². The molecule has 0 radical (unpaired) electrons. The molecule has 2 nitrogen and oxygen atoms in total. The van der Waals surface area contributed by atoms with Gasteiger partial charge in [-0.15, -0.1) is 0 Å². The molecule has 1 atom stereocenters. The Bertz CT molecular complexity index is 480. The number of likely N-dealkylation sites (N-methyl/N-ethyl adjacent to an activating group) is 1. The topological polar surface area (TPSA) is 16.1 Å². The van der Waals surface area contributed by atoms with Crippen molar-refractivity contribution >= 4 is 15.9 Å². The fourth-order valence-electron chi connectivity index (χ4n) is 2.01. The Labute approximate surface area is 117 Å². The van der Waals surface area contributed by atoms with E-state index >= 15 is 0 Å². The minimum Gasteiger partial charge on any atom is -0.308 e. The fourth-order valence-corrected chi connectivity index (χ4v) is 2.28. The van der Waals surface area contributed by atoms with E-state index in [9.17, 15) is 0 Å². The van der Waals surface area contributed by atoms with E-state index in [0.717, 1.165) is 16.7 Å². The van der Waals surface area contributed by atoms with E-state index in [0.29, 0.717) is 5.92 Å². The van der Waals surface area contributed by atoms with Crippen LogP contribution < -0.4 is 0 Å². The standard InChI is InChI=1S/C15H17BrN2/c1-18(2)11-14(15-5-3-4-10-17-15)12-6-8-13(16)9-7-12/h3-10,14H,11H2,1-2H3/t14-/m0/s1. The van der Waals surface area contributed by atoms with E-state index in [1.165, 1.54) is 5.56 Å². The predicted molar refractivity (Wildman–Crippen MR) is 78.8 cm³/mol. The lowest BCUT2D eigenvalue weighted by atomic mass is 9.95. The molecule has 0 fully saturated rings. The number of benzene rings is 1. The minimum atomic E-state index is 0.314. The summed E-state index contributed by atoms with van der Waals surface area (Å²) in [6, 6.07) is 14.6. The molecule has 0 aliphatic heterocycles. The Morgan fingerprint density at radius 2 is 1.83 bits per heavy atom. The smallest absolute Gasteiger partial charge is 0.0491 e. The molecular weight excluding hydrogens is 288 g/mol. The molecule has 0 saturated heterocycles. The zero-order chi connectivity index (χ0) is 13.0. The van der Waals surface area contributed by atoms with Crippen molar-refractivity contribution in [1.82, 2.24) is 9.88 Å². The van der Waals surface area contributed by atoms with Crippen molar-refractivity contribution in [3.63, 3.8) is 0 Å². The first-order valence-corrected chi connectivity index (χ1v) is 6.77. The van der Waals surface area contributed by atoms with Gasteiger partial charge in [0.25, 0.3) is 0 Å². The van der Waals surface area contributed by atoms with E-state index in [4.69, 9.17) is 0 Å². The third kappa shape index (κ3) is 3.40. The predicted octanol–water partition coefficient (Wildman–Crippen LogP) is 3.54. The summed E-state index contributed by atoms with van der Waals surface area (Å²) < 4.78 is 1.11. The number of aromatic nitrogens is 1. The van der Waals surface area contributed by atoms with E-state index < -0.39 is 0 Å². The second-order valence-corrected chi connectivity index (χ2v) is 5.54. The molecule has 0 N–H and O–H groups in total. The van der Waals surface area contributed by atoms with Gasteiger partial charge >= 0.3 is 0 Å². The van der Waals surface area contributed by atoms with Crippen molar-refractivity contribution in [1.29, 1.82) is 0 Å². The molecule has 0 spiro atoms. The molecule has 1 aromatic carbocycles. The molecule has 3 heteroatoms. The van der Waals surface area contributed by atoms with Crippen molar-refractivity contribution in [2.45, 2.75) is 5.92 Å². The van der Waals surface area contributed by atoms with Gasteiger partial charge in [0.05, 0.1) is 0 Å². The maximum Gasteiger partial charge on any atom is 0.0491 e. The van der Waals surface area contributed by atoms with Gasteiger partial charge in [-0.25, -0.2) is 0 Å². The highest BCUT2D eigenvalue weighted by atomic mass is 79.9. The van der Waals surface area contributed by atoms with Gasteiger partial charge < -0.3 is 4.90 Å². The van der Waals surface area contributed by atoms with Crippen molar-refractivity contribution in [2.75, 3.05) is 20.6 Å². The highest BCUT2D eigenvalue weighted by Gasteiger charge is 2.16. The van der Waals surface area contributed by atoms with Gasteiger partial charge in [0, 0.05) is 28.8 Å². The zero-order valence-corrected chi connectivity index (χ0v) is 12.3. The van der Waals surface area contributed by atoms with Crippen LogP contribution in [0.5, 0.6) is 0 Å². The summed E-state index contributed by atoms with van der Waals surface area (Å²) in [4.78, 5) is 6.69. The molecule has 18 heavy (non-hydrogen) atoms. The van der Waals surface area contributed by atoms with E-state index in [2.05, 4.69) is 70.2 Å². The Hall–Kier alpha value is -1.19. The summed E-state index contributed by atoms with van der Waals surface area (Å²) in [5.74, 6) is 0.314. The Kier molecular flexibility index (Phi) is 4.50. The Balaban J connectivity index is 2.33. The normalized spacial score (nSPS) is 12.7. The lowest BCUT2D eigenvalue weighted by Gasteiger charge is -2.21. The molecular formula is C15H17BrN2. The van der Waals surface area contributed by atoms with Gasteiger partial charge in [0.1, 0.15) is 0 Å². The average Bonchev–Trinajstić information content (AvgIpc) is 2.38. The van der Waals surface area contributed by atoms with Gasteiger partial charge in [-0.05, 0) is 43.9 Å². The summed E-state index contributed by atoms with van der Waals surface area (Å²) in [7, 11) is 4.18. The maximum absolute atomic E-state index is 4.49. The number of hydrogen-bond donors (Lipinski definition) is 0. The zero-order valence-electron chi connectivity index (χ0n) is 10.7. The molecule has 0 bridgehead atoms. The highest BCUT2D eigenvalue weighted by Crippen LogP contribution is 2.25. The lowest BCUT2D eigenvalue weighted by molar-refractivity contribution is 0.389. The van der Waals surface area contributed by atoms with E-state index in [1.54, 1.807) is 0 Å². The molecule has 94 valence electrons. The first kappa shape index (κ1) is 13.2. The van der Waals surface area contributed by atoms with Crippen molar-refractivity contribution in [3.05, 3.63) is 64.4 Å². The molecule has 2 aromatic rings. The number of nitrogens with zero attached hydrogens (tertiary/aromatic N) is 2. The van der Waals surface area contributed by atoms with Crippen LogP contribution in [0.15, 0.2) is 53.1 Å². The monoisotopic (exact) mass is 304 g/mol. The third-order valence-corrected chi connectivity index (χ3v) is 3.39. The van der Waals surface area contributed by atoms with Gasteiger partial charge in [0.2, 0.25) is 0 Å². The lowest BCUT2D eigenvalue weighted by Crippen LogP contribution is -2.21. The van der Waals surface area contributed by atoms with Gasteiger partial charge in [0.15, 0.2) is 0 Å². The molecule has 0 saturated carbocycles. The van der Waals surface area contributed by atoms with Crippen molar-refractivity contribution < 1.29 is 0 Å². The first-order valence-electron chi connectivity index (χ1n) is 5.98. The second kappa shape index (κ2) is 6.12. The van der Waals surface area contributed by atoms with E-state index in [-0.39, 0.29) is 0 Å². The molecule has 0 unspecified atom stereocenters. The number of pyridine rings is 1. The van der Waals surface area contributed by atoms with Gasteiger partial charge in [-0.1, -0.05) is 34.1 Å². The average molecular weight is 305 g/mol. The SMILES string of the molecule is CN(C)C[C@@H](c1ccc(Br)cc1)c1ccccn1. The quantitative estimate of drug-likeness (QED) is 0.859. The van der Waals surface area contributed by atoms with Gasteiger partial charge in [-0.2, -0.15) is 0 Å². The summed E-state index contributed by atoms with van der Waals surface area (Å²) in [5, 5.41) is 0. The molecule has 1 heterocycles. The first-order chi connectivity index (χ1) is 8.66. The van der Waals surface area contributed by atoms with Crippen LogP contribution in [0.2, 0.25) is 0 Å². The summed E-state index contributed by atoms with van der Waals surface area (Å²) in [5.41, 5.74) is 2.42. The minimum absolute atomic E-state index is 0.314. The number of rotatable bonds is 4. The molecule has 1 aromatic heterocycles. The fraction of sp³-hybridized carbons (Fsp3) is 0.267. The number of halogens is 1. The van der Waals surface area contributed by atoms with Crippen LogP contribution >= 0.6 is 15.9 Å². The van der Waals surface area contributed by atoms with Crippen molar-refractivity contribution in [3.8, 4) is 0 Å². The third-order valence-electron chi connectivity index (χ3n) is 2.86. The van der Waals surface area contributed by atoms with Crippen molar-refractivity contribution in [2.24, 2.45) is 0 Å². The Morgan fingerprint density at radius 1 is 1.11 bits per heavy atom. The van der Waals surface area contributed by atoms with Crippen LogP contribution in [-0.4, -0.2) is 30.5 Å².